The number of carbonyl (C=O) groups is 5. The van der Waals surface area contributed by atoms with Gasteiger partial charge in [0.2, 0.25) is 11.8 Å². The summed E-state index contributed by atoms with van der Waals surface area (Å²) in [5.74, 6) is 0.0699. The van der Waals surface area contributed by atoms with Crippen molar-refractivity contribution in [3.05, 3.63) is 108 Å². The number of H-pyrrole nitrogens is 2. The van der Waals surface area contributed by atoms with Gasteiger partial charge >= 0.3 is 18.2 Å². The van der Waals surface area contributed by atoms with E-state index in [0.29, 0.717) is 42.4 Å². The Bertz CT molecular complexity index is 2330. The lowest BCUT2D eigenvalue weighted by molar-refractivity contribution is -0.134. The molecule has 312 valence electrons. The summed E-state index contributed by atoms with van der Waals surface area (Å²) in [6, 6.07) is 22.9. The van der Waals surface area contributed by atoms with Crippen LogP contribution in [0.5, 0.6) is 0 Å². The summed E-state index contributed by atoms with van der Waals surface area (Å²) in [7, 11) is 2.50. The molecular formula is C44H48N8O8. The van der Waals surface area contributed by atoms with Crippen molar-refractivity contribution < 1.29 is 38.2 Å². The number of nitrogens with zero attached hydrogens (tertiary/aromatic N) is 4. The highest BCUT2D eigenvalue weighted by atomic mass is 16.5. The quantitative estimate of drug-likeness (QED) is 0.0818. The van der Waals surface area contributed by atoms with E-state index >= 15 is 0 Å². The molecule has 2 aliphatic rings. The molecule has 0 spiro atoms. The Morgan fingerprint density at radius 2 is 1.22 bits per heavy atom. The van der Waals surface area contributed by atoms with E-state index in [0.717, 1.165) is 47.2 Å². The van der Waals surface area contributed by atoms with Crippen LogP contribution >= 0.6 is 0 Å². The highest BCUT2D eigenvalue weighted by molar-refractivity contribution is 5.95. The molecule has 0 saturated carbocycles. The molecule has 3 aromatic carbocycles. The van der Waals surface area contributed by atoms with Crippen molar-refractivity contribution in [2.45, 2.75) is 70.3 Å². The number of aromatic amines is 2. The van der Waals surface area contributed by atoms with Crippen LogP contribution in [0.25, 0.3) is 33.6 Å². The maximum Gasteiger partial charge on any atom is 0.407 e. The molecule has 0 aliphatic carbocycles. The first-order chi connectivity index (χ1) is 29.0. The summed E-state index contributed by atoms with van der Waals surface area (Å²) in [5, 5.41) is 5.09. The Kier molecular flexibility index (Phi) is 12.6. The van der Waals surface area contributed by atoms with Gasteiger partial charge in [0.15, 0.2) is 5.69 Å². The molecule has 2 aliphatic heterocycles. The monoisotopic (exact) mass is 816 g/mol. The molecule has 5 aromatic rings. The first-order valence-electron chi connectivity index (χ1n) is 19.9. The highest BCUT2D eigenvalue weighted by Gasteiger charge is 2.37. The van der Waals surface area contributed by atoms with Crippen LogP contribution in [0.4, 0.5) is 9.59 Å². The number of hydrogen-bond donors (Lipinski definition) is 4. The predicted molar refractivity (Wildman–Crippen MR) is 220 cm³/mol. The van der Waals surface area contributed by atoms with Gasteiger partial charge < -0.3 is 44.6 Å². The number of imidazole rings is 2. The number of rotatable bonds is 12. The molecule has 16 heteroatoms. The minimum atomic E-state index is -0.825. The number of amides is 4. The lowest BCUT2D eigenvalue weighted by atomic mass is 10.0. The zero-order valence-corrected chi connectivity index (χ0v) is 33.9. The van der Waals surface area contributed by atoms with Gasteiger partial charge in [0, 0.05) is 18.7 Å². The van der Waals surface area contributed by atoms with E-state index in [-0.39, 0.29) is 30.2 Å². The van der Waals surface area contributed by atoms with E-state index in [1.54, 1.807) is 29.8 Å². The standard InChI is InChI=1S/C44H48N8O8/c1-26(46-43(56)58-3)40(53)51-22-8-12-34(51)38-45-24-33(48-38)31-18-14-29(15-19-31)30-16-20-32(21-17-30)36-37(42(55)60-25-28-10-6-5-7-11-28)50-39(49-36)35-13-9-23-52(35)41(54)27(2)47-44(57)59-4/h5-7,10-11,14-21,24,26-27,34-35H,8-9,12-13,22-23,25H2,1-4H3,(H,45,48)(H,46,56)(H,47,57)(H,49,50)/t26-,27+,34+,35+/m1/s1. The van der Waals surface area contributed by atoms with Gasteiger partial charge in [0.25, 0.3) is 0 Å². The lowest BCUT2D eigenvalue weighted by Gasteiger charge is -2.26. The second-order valence-electron chi connectivity index (χ2n) is 14.8. The molecule has 4 N–H and O–H groups in total. The molecule has 2 fully saturated rings. The molecular weight excluding hydrogens is 769 g/mol. The lowest BCUT2D eigenvalue weighted by Crippen LogP contribution is -2.46. The topological polar surface area (TPSA) is 201 Å². The number of alkyl carbamates (subject to hydrolysis) is 2. The van der Waals surface area contributed by atoms with Crippen molar-refractivity contribution in [3.63, 3.8) is 0 Å². The summed E-state index contributed by atoms with van der Waals surface area (Å²) in [4.78, 5) is 83.4. The van der Waals surface area contributed by atoms with Gasteiger partial charge in [-0.05, 0) is 61.8 Å². The molecule has 0 unspecified atom stereocenters. The number of esters is 1. The van der Waals surface area contributed by atoms with Crippen molar-refractivity contribution in [2.24, 2.45) is 0 Å². The van der Waals surface area contributed by atoms with Gasteiger partial charge in [-0.2, -0.15) is 0 Å². The normalized spacial score (nSPS) is 17.1. The van der Waals surface area contributed by atoms with Crippen LogP contribution in [0.1, 0.15) is 79.3 Å². The van der Waals surface area contributed by atoms with Crippen LogP contribution < -0.4 is 10.6 Å². The van der Waals surface area contributed by atoms with Crippen LogP contribution in [0.2, 0.25) is 0 Å². The fourth-order valence-corrected chi connectivity index (χ4v) is 7.74. The van der Waals surface area contributed by atoms with Gasteiger partial charge in [-0.15, -0.1) is 0 Å². The number of likely N-dealkylation sites (tertiary alicyclic amines) is 2. The maximum absolute atomic E-state index is 13.7. The summed E-state index contributed by atoms with van der Waals surface area (Å²) >= 11 is 0. The van der Waals surface area contributed by atoms with Crippen molar-refractivity contribution in [2.75, 3.05) is 27.3 Å². The summed E-state index contributed by atoms with van der Waals surface area (Å²) in [6.07, 6.45) is 3.31. The molecule has 2 aromatic heterocycles. The van der Waals surface area contributed by atoms with Gasteiger partial charge in [0.05, 0.1) is 38.2 Å². The Morgan fingerprint density at radius 1 is 0.700 bits per heavy atom. The van der Waals surface area contributed by atoms with Crippen LogP contribution in [-0.2, 0) is 30.4 Å². The third kappa shape index (κ3) is 9.02. The second-order valence-corrected chi connectivity index (χ2v) is 14.8. The average molecular weight is 817 g/mol. The third-order valence-electron chi connectivity index (χ3n) is 10.9. The summed E-state index contributed by atoms with van der Waals surface area (Å²) < 4.78 is 15.1. The van der Waals surface area contributed by atoms with Gasteiger partial charge in [-0.25, -0.2) is 24.4 Å². The zero-order chi connectivity index (χ0) is 42.3. The molecule has 60 heavy (non-hydrogen) atoms. The Labute approximate surface area is 347 Å². The molecule has 7 rings (SSSR count). The number of carbonyl (C=O) groups excluding carboxylic acids is 5. The van der Waals surface area contributed by atoms with E-state index in [1.165, 1.54) is 14.2 Å². The van der Waals surface area contributed by atoms with E-state index in [4.69, 9.17) is 9.72 Å². The summed E-state index contributed by atoms with van der Waals surface area (Å²) in [5.41, 5.74) is 5.72. The second kappa shape index (κ2) is 18.3. The molecule has 0 bridgehead atoms. The van der Waals surface area contributed by atoms with Gasteiger partial charge in [-0.3, -0.25) is 9.59 Å². The van der Waals surface area contributed by atoms with E-state index in [2.05, 4.69) is 35.1 Å². The van der Waals surface area contributed by atoms with Crippen LogP contribution in [0.15, 0.2) is 85.1 Å². The Morgan fingerprint density at radius 3 is 1.77 bits per heavy atom. The molecule has 4 atom stereocenters. The number of hydrogen-bond acceptors (Lipinski definition) is 10. The first kappa shape index (κ1) is 41.2. The zero-order valence-electron chi connectivity index (χ0n) is 33.9. The molecule has 4 amide bonds. The number of ether oxygens (including phenoxy) is 3. The van der Waals surface area contributed by atoms with E-state index < -0.39 is 36.3 Å². The van der Waals surface area contributed by atoms with Gasteiger partial charge in [0.1, 0.15) is 36.0 Å². The highest BCUT2D eigenvalue weighted by Crippen LogP contribution is 2.36. The fourth-order valence-electron chi connectivity index (χ4n) is 7.74. The van der Waals surface area contributed by atoms with Crippen LogP contribution in [0, 0.1) is 0 Å². The minimum absolute atomic E-state index is 0.0706. The molecule has 0 radical (unpaired) electrons. The number of aromatic nitrogens is 4. The van der Waals surface area contributed by atoms with Crippen molar-refractivity contribution in [1.82, 2.24) is 40.4 Å². The van der Waals surface area contributed by atoms with E-state index in [1.807, 2.05) is 78.9 Å². The fraction of sp³-hybridized carbons (Fsp3) is 0.341. The summed E-state index contributed by atoms with van der Waals surface area (Å²) in [6.45, 7) is 4.34. The predicted octanol–water partition coefficient (Wildman–Crippen LogP) is 6.31. The van der Waals surface area contributed by atoms with Gasteiger partial charge in [-0.1, -0.05) is 78.9 Å². The van der Waals surface area contributed by atoms with Crippen LogP contribution in [0.3, 0.4) is 0 Å². The first-order valence-corrected chi connectivity index (χ1v) is 19.9. The number of nitrogens with one attached hydrogen (secondary N) is 4. The molecule has 2 saturated heterocycles. The Hall–Kier alpha value is -6.97. The largest absolute Gasteiger partial charge is 0.456 e. The maximum atomic E-state index is 13.7. The van der Waals surface area contributed by atoms with Crippen molar-refractivity contribution in [1.29, 1.82) is 0 Å². The van der Waals surface area contributed by atoms with E-state index in [9.17, 15) is 24.0 Å². The van der Waals surface area contributed by atoms with Crippen molar-refractivity contribution in [3.8, 4) is 33.6 Å². The smallest absolute Gasteiger partial charge is 0.407 e. The Balaban J connectivity index is 1.09. The van der Waals surface area contributed by atoms with Crippen molar-refractivity contribution >= 4 is 30.0 Å². The average Bonchev–Trinajstić information content (AvgIpc) is 4.12. The minimum Gasteiger partial charge on any atom is -0.456 e. The molecule has 4 heterocycles. The SMILES string of the molecule is COC(=O)N[C@@H](C)C(=O)N1CCC[C@H]1c1nc(-c2ccc(-c3ccc(-c4cnc([C@@H]5CCCN5C(=O)[C@@H](C)NC(=O)OC)[nH]4)cc3)cc2)c(C(=O)OCc2ccccc2)[nH]1. The van der Waals surface area contributed by atoms with Crippen LogP contribution in [-0.4, -0.2) is 99.1 Å². The number of methoxy groups -OCH3 is 2. The molecule has 16 nitrogen and oxygen atoms in total. The number of benzene rings is 3. The third-order valence-corrected chi connectivity index (χ3v) is 10.9.